The van der Waals surface area contributed by atoms with E-state index in [1.54, 1.807) is 19.3 Å². The summed E-state index contributed by atoms with van der Waals surface area (Å²) < 4.78 is 5.08. The number of hydrogen-bond donors (Lipinski definition) is 2. The van der Waals surface area contributed by atoms with Gasteiger partial charge in [-0.15, -0.1) is 0 Å². The van der Waals surface area contributed by atoms with Gasteiger partial charge in [-0.2, -0.15) is 0 Å². The Labute approximate surface area is 76.3 Å². The first-order chi connectivity index (χ1) is 6.15. The summed E-state index contributed by atoms with van der Waals surface area (Å²) in [5, 5.41) is 8.62. The summed E-state index contributed by atoms with van der Waals surface area (Å²) in [4.78, 5) is 10.5. The molecule has 0 amide bonds. The van der Waals surface area contributed by atoms with Crippen molar-refractivity contribution < 1.29 is 14.3 Å². The number of carboxylic acid groups (broad SMARTS) is 1. The number of nitrogens with two attached hydrogens (primary N) is 1. The van der Waals surface area contributed by atoms with E-state index in [1.807, 2.05) is 0 Å². The van der Waals surface area contributed by atoms with Gasteiger partial charge in [0.05, 0.1) is 12.7 Å². The Balaban J connectivity index is 2.78. The Kier molecular flexibility index (Phi) is 3.08. The van der Waals surface area contributed by atoms with E-state index >= 15 is 0 Å². The molecule has 3 N–H and O–H groups in total. The van der Waals surface area contributed by atoms with Crippen LogP contribution in [0.1, 0.15) is 23.7 Å². The molecular weight excluding hydrogens is 170 g/mol. The smallest absolute Gasteiger partial charge is 0.304 e. The van der Waals surface area contributed by atoms with Gasteiger partial charge >= 0.3 is 5.97 Å². The van der Waals surface area contributed by atoms with Gasteiger partial charge in [-0.3, -0.25) is 4.79 Å². The van der Waals surface area contributed by atoms with E-state index < -0.39 is 5.97 Å². The monoisotopic (exact) mass is 183 g/mol. The fraction of sp³-hybridized carbons (Fsp3) is 0.444. The van der Waals surface area contributed by atoms with Gasteiger partial charge in [0.2, 0.25) is 0 Å². The molecule has 1 atom stereocenters. The summed E-state index contributed by atoms with van der Waals surface area (Å²) in [5.41, 5.74) is 6.37. The van der Waals surface area contributed by atoms with Gasteiger partial charge < -0.3 is 15.3 Å². The van der Waals surface area contributed by atoms with Crippen LogP contribution < -0.4 is 5.73 Å². The number of rotatable bonds is 4. The molecule has 1 aromatic heterocycles. The fourth-order valence-electron chi connectivity index (χ4n) is 1.35. The number of aryl methyl sites for hydroxylation is 1. The summed E-state index contributed by atoms with van der Waals surface area (Å²) in [6.45, 7) is 2.13. The van der Waals surface area contributed by atoms with Crippen molar-refractivity contribution >= 4 is 5.97 Å². The molecule has 72 valence electrons. The van der Waals surface area contributed by atoms with Crippen LogP contribution in [0, 0.1) is 6.92 Å². The van der Waals surface area contributed by atoms with Gasteiger partial charge in [0, 0.05) is 5.92 Å². The minimum atomic E-state index is -0.837. The first kappa shape index (κ1) is 9.80. The molecule has 0 fully saturated rings. The molecule has 0 aliphatic heterocycles. The van der Waals surface area contributed by atoms with Gasteiger partial charge in [0.1, 0.15) is 5.76 Å². The van der Waals surface area contributed by atoms with Crippen LogP contribution in [0.5, 0.6) is 0 Å². The minimum absolute atomic E-state index is 0.0525. The minimum Gasteiger partial charge on any atom is -0.481 e. The zero-order valence-corrected chi connectivity index (χ0v) is 7.49. The van der Waals surface area contributed by atoms with Crippen LogP contribution in [0.15, 0.2) is 16.7 Å². The van der Waals surface area contributed by atoms with Crippen molar-refractivity contribution in [3.8, 4) is 0 Å². The maximum absolute atomic E-state index is 10.5. The zero-order valence-electron chi connectivity index (χ0n) is 7.49. The molecule has 1 rings (SSSR count). The second-order valence-electron chi connectivity index (χ2n) is 2.96. The highest BCUT2D eigenvalue weighted by molar-refractivity contribution is 5.68. The molecule has 4 heteroatoms. The van der Waals surface area contributed by atoms with E-state index in [9.17, 15) is 4.79 Å². The van der Waals surface area contributed by atoms with E-state index in [2.05, 4.69) is 0 Å². The summed E-state index contributed by atoms with van der Waals surface area (Å²) in [6, 6.07) is 1.77. The normalized spacial score (nSPS) is 12.8. The van der Waals surface area contributed by atoms with Crippen molar-refractivity contribution in [3.63, 3.8) is 0 Å². The lowest BCUT2D eigenvalue weighted by Crippen LogP contribution is -2.16. The molecule has 0 saturated heterocycles. The van der Waals surface area contributed by atoms with Crippen molar-refractivity contribution in [1.29, 1.82) is 0 Å². The largest absolute Gasteiger partial charge is 0.481 e. The van der Waals surface area contributed by atoms with Crippen molar-refractivity contribution in [2.75, 3.05) is 6.54 Å². The van der Waals surface area contributed by atoms with Gasteiger partial charge in [0.15, 0.2) is 0 Å². The predicted molar refractivity (Wildman–Crippen MR) is 47.5 cm³/mol. The Morgan fingerprint density at radius 2 is 2.46 bits per heavy atom. The van der Waals surface area contributed by atoms with Gasteiger partial charge in [-0.25, -0.2) is 0 Å². The summed E-state index contributed by atoms with van der Waals surface area (Å²) in [7, 11) is 0. The lowest BCUT2D eigenvalue weighted by atomic mass is 9.96. The molecule has 1 heterocycles. The molecule has 1 unspecified atom stereocenters. The van der Waals surface area contributed by atoms with Crippen LogP contribution in [-0.2, 0) is 4.79 Å². The van der Waals surface area contributed by atoms with E-state index in [0.29, 0.717) is 6.54 Å². The standard InChI is InChI=1S/C9H13NO3/c1-6-8(2-3-13-6)7(5-10)4-9(11)12/h2-3,7H,4-5,10H2,1H3,(H,11,12). The molecule has 0 saturated carbocycles. The van der Waals surface area contributed by atoms with Gasteiger partial charge in [0.25, 0.3) is 0 Å². The van der Waals surface area contributed by atoms with Crippen molar-refractivity contribution in [2.24, 2.45) is 5.73 Å². The highest BCUT2D eigenvalue weighted by atomic mass is 16.4. The Bertz CT molecular complexity index is 293. The fourth-order valence-corrected chi connectivity index (χ4v) is 1.35. The molecule has 0 bridgehead atoms. The highest BCUT2D eigenvalue weighted by Crippen LogP contribution is 2.22. The molecule has 0 spiro atoms. The van der Waals surface area contributed by atoms with E-state index in [-0.39, 0.29) is 12.3 Å². The third-order valence-electron chi connectivity index (χ3n) is 2.04. The molecule has 4 nitrogen and oxygen atoms in total. The lowest BCUT2D eigenvalue weighted by Gasteiger charge is -2.10. The molecule has 1 aromatic rings. The first-order valence-electron chi connectivity index (χ1n) is 4.11. The second-order valence-corrected chi connectivity index (χ2v) is 2.96. The average Bonchev–Trinajstić information content (AvgIpc) is 2.47. The molecule has 0 aliphatic carbocycles. The molecule has 0 aromatic carbocycles. The third kappa shape index (κ3) is 2.32. The van der Waals surface area contributed by atoms with Crippen LogP contribution in [-0.4, -0.2) is 17.6 Å². The Morgan fingerprint density at radius 3 is 2.85 bits per heavy atom. The second kappa shape index (κ2) is 4.09. The average molecular weight is 183 g/mol. The highest BCUT2D eigenvalue weighted by Gasteiger charge is 2.17. The first-order valence-corrected chi connectivity index (χ1v) is 4.11. The lowest BCUT2D eigenvalue weighted by molar-refractivity contribution is -0.137. The molecule has 0 aliphatic rings. The maximum atomic E-state index is 10.5. The number of furan rings is 1. The topological polar surface area (TPSA) is 76.5 Å². The summed E-state index contributed by atoms with van der Waals surface area (Å²) >= 11 is 0. The van der Waals surface area contributed by atoms with Crippen molar-refractivity contribution in [3.05, 3.63) is 23.7 Å². The molecule has 0 radical (unpaired) electrons. The summed E-state index contributed by atoms with van der Waals surface area (Å²) in [6.07, 6.45) is 1.60. The number of carboxylic acids is 1. The van der Waals surface area contributed by atoms with Gasteiger partial charge in [-0.05, 0) is 25.1 Å². The van der Waals surface area contributed by atoms with E-state index in [1.165, 1.54) is 0 Å². The van der Waals surface area contributed by atoms with Crippen LogP contribution in [0.25, 0.3) is 0 Å². The number of hydrogen-bond acceptors (Lipinski definition) is 3. The Morgan fingerprint density at radius 1 is 1.77 bits per heavy atom. The zero-order chi connectivity index (χ0) is 9.84. The molecular formula is C9H13NO3. The Hall–Kier alpha value is -1.29. The maximum Gasteiger partial charge on any atom is 0.304 e. The quantitative estimate of drug-likeness (QED) is 0.732. The predicted octanol–water partition coefficient (Wildman–Crippen LogP) is 1.11. The van der Waals surface area contributed by atoms with Gasteiger partial charge in [-0.1, -0.05) is 0 Å². The molecule has 13 heavy (non-hydrogen) atoms. The third-order valence-corrected chi connectivity index (χ3v) is 2.04. The summed E-state index contributed by atoms with van der Waals surface area (Å²) in [5.74, 6) is -0.232. The van der Waals surface area contributed by atoms with Crippen LogP contribution >= 0.6 is 0 Å². The van der Waals surface area contributed by atoms with Crippen LogP contribution in [0.4, 0.5) is 0 Å². The van der Waals surface area contributed by atoms with Crippen LogP contribution in [0.2, 0.25) is 0 Å². The van der Waals surface area contributed by atoms with Crippen molar-refractivity contribution in [2.45, 2.75) is 19.3 Å². The van der Waals surface area contributed by atoms with Crippen molar-refractivity contribution in [1.82, 2.24) is 0 Å². The van der Waals surface area contributed by atoms with Crippen LogP contribution in [0.3, 0.4) is 0 Å². The SMILES string of the molecule is Cc1occc1C(CN)CC(=O)O. The van der Waals surface area contributed by atoms with E-state index in [0.717, 1.165) is 11.3 Å². The number of aliphatic carboxylic acids is 1. The van der Waals surface area contributed by atoms with E-state index in [4.69, 9.17) is 15.3 Å². The number of carbonyl (C=O) groups is 1.